The molecule has 0 radical (unpaired) electrons. The normalized spacial score (nSPS) is 20.4. The third kappa shape index (κ3) is 4.96. The molecule has 4 rings (SSSR count). The van der Waals surface area contributed by atoms with Gasteiger partial charge in [-0.3, -0.25) is 14.4 Å². The number of nitrogens with zero attached hydrogens (tertiary/aromatic N) is 2. The van der Waals surface area contributed by atoms with Crippen molar-refractivity contribution in [3.05, 3.63) is 23.8 Å². The summed E-state index contributed by atoms with van der Waals surface area (Å²) in [7, 11) is -3.15. The van der Waals surface area contributed by atoms with E-state index in [1.165, 1.54) is 0 Å². The minimum atomic E-state index is -3.15. The summed E-state index contributed by atoms with van der Waals surface area (Å²) in [6.45, 7) is 3.82. The summed E-state index contributed by atoms with van der Waals surface area (Å²) in [5.74, 6) is -1.28. The van der Waals surface area contributed by atoms with Gasteiger partial charge in [-0.1, -0.05) is 6.07 Å². The molecule has 32 heavy (non-hydrogen) atoms. The van der Waals surface area contributed by atoms with E-state index in [0.29, 0.717) is 51.1 Å². The van der Waals surface area contributed by atoms with E-state index < -0.39 is 21.8 Å². The molecule has 10 heteroatoms. The molecule has 0 bridgehead atoms. The van der Waals surface area contributed by atoms with Gasteiger partial charge in [0.05, 0.1) is 5.25 Å². The van der Waals surface area contributed by atoms with Crippen molar-refractivity contribution in [2.24, 2.45) is 5.92 Å². The third-order valence-corrected chi connectivity index (χ3v) is 8.87. The predicted molar refractivity (Wildman–Crippen MR) is 121 cm³/mol. The van der Waals surface area contributed by atoms with Crippen LogP contribution >= 0.6 is 0 Å². The van der Waals surface area contributed by atoms with Crippen molar-refractivity contribution in [2.75, 3.05) is 36.4 Å². The van der Waals surface area contributed by atoms with Gasteiger partial charge in [-0.2, -0.15) is 0 Å². The van der Waals surface area contributed by atoms with Crippen LogP contribution in [0.3, 0.4) is 0 Å². The standard InChI is InChI=1S/C22H30N4O5S/c1-15-4-5-17(13-19(15)26-10-2-3-20(26)27)24-22(29)21(28)23-14-16-8-11-25(12-9-16)32(30,31)18-6-7-18/h4-5,13,16,18H,2-3,6-12,14H2,1H3,(H,23,28)(H,24,29). The lowest BCUT2D eigenvalue weighted by Gasteiger charge is -2.31. The second kappa shape index (κ2) is 9.19. The van der Waals surface area contributed by atoms with Gasteiger partial charge in [0.1, 0.15) is 0 Å². The summed E-state index contributed by atoms with van der Waals surface area (Å²) in [5.41, 5.74) is 2.14. The number of hydrogen-bond acceptors (Lipinski definition) is 5. The van der Waals surface area contributed by atoms with Crippen LogP contribution in [0.4, 0.5) is 11.4 Å². The van der Waals surface area contributed by atoms with E-state index in [1.54, 1.807) is 21.3 Å². The molecule has 1 aromatic carbocycles. The fourth-order valence-corrected chi connectivity index (χ4v) is 6.20. The van der Waals surface area contributed by atoms with Crippen molar-refractivity contribution in [3.63, 3.8) is 0 Å². The van der Waals surface area contributed by atoms with Gasteiger partial charge in [0.25, 0.3) is 0 Å². The number of benzene rings is 1. The van der Waals surface area contributed by atoms with E-state index >= 15 is 0 Å². The van der Waals surface area contributed by atoms with Gasteiger partial charge in [-0.05, 0) is 62.6 Å². The molecule has 2 N–H and O–H groups in total. The Morgan fingerprint density at radius 2 is 1.78 bits per heavy atom. The fourth-order valence-electron chi connectivity index (χ4n) is 4.33. The van der Waals surface area contributed by atoms with E-state index in [9.17, 15) is 22.8 Å². The van der Waals surface area contributed by atoms with Crippen LogP contribution in [0.5, 0.6) is 0 Å². The molecule has 0 spiro atoms. The van der Waals surface area contributed by atoms with Crippen LogP contribution < -0.4 is 15.5 Å². The van der Waals surface area contributed by atoms with Crippen LogP contribution in [-0.4, -0.2) is 61.9 Å². The number of hydrogen-bond donors (Lipinski definition) is 2. The first kappa shape index (κ1) is 22.7. The van der Waals surface area contributed by atoms with Crippen LogP contribution in [0.15, 0.2) is 18.2 Å². The Bertz CT molecular complexity index is 1010. The summed E-state index contributed by atoms with van der Waals surface area (Å²) < 4.78 is 26.2. The molecule has 3 fully saturated rings. The zero-order chi connectivity index (χ0) is 22.9. The second-order valence-corrected chi connectivity index (χ2v) is 11.1. The molecule has 2 aliphatic heterocycles. The highest BCUT2D eigenvalue weighted by Gasteiger charge is 2.41. The molecule has 1 saturated carbocycles. The first-order valence-electron chi connectivity index (χ1n) is 11.2. The molecular weight excluding hydrogens is 432 g/mol. The van der Waals surface area contributed by atoms with Crippen molar-refractivity contribution in [1.29, 1.82) is 0 Å². The molecule has 0 unspecified atom stereocenters. The third-order valence-electron chi connectivity index (χ3n) is 6.47. The zero-order valence-electron chi connectivity index (χ0n) is 18.3. The van der Waals surface area contributed by atoms with Gasteiger partial charge in [0.15, 0.2) is 0 Å². The number of rotatable bonds is 6. The van der Waals surface area contributed by atoms with Gasteiger partial charge < -0.3 is 15.5 Å². The topological polar surface area (TPSA) is 116 Å². The number of piperidine rings is 1. The van der Waals surface area contributed by atoms with Crippen LogP contribution in [0.2, 0.25) is 0 Å². The van der Waals surface area contributed by atoms with Crippen LogP contribution in [0, 0.1) is 12.8 Å². The first-order valence-corrected chi connectivity index (χ1v) is 12.7. The van der Waals surface area contributed by atoms with E-state index in [-0.39, 0.29) is 17.1 Å². The lowest BCUT2D eigenvalue weighted by atomic mass is 9.98. The van der Waals surface area contributed by atoms with E-state index in [1.807, 2.05) is 13.0 Å². The minimum absolute atomic E-state index is 0.0605. The second-order valence-electron chi connectivity index (χ2n) is 8.90. The van der Waals surface area contributed by atoms with Crippen LogP contribution in [-0.2, 0) is 24.4 Å². The zero-order valence-corrected chi connectivity index (χ0v) is 19.1. The summed E-state index contributed by atoms with van der Waals surface area (Å²) in [4.78, 5) is 38.4. The lowest BCUT2D eigenvalue weighted by molar-refractivity contribution is -0.136. The SMILES string of the molecule is Cc1ccc(NC(=O)C(=O)NCC2CCN(S(=O)(=O)C3CC3)CC2)cc1N1CCCC1=O. The Morgan fingerprint density at radius 1 is 1.06 bits per heavy atom. The number of anilines is 2. The molecule has 3 amide bonds. The minimum Gasteiger partial charge on any atom is -0.348 e. The van der Waals surface area contributed by atoms with Gasteiger partial charge >= 0.3 is 11.8 Å². The number of nitrogens with one attached hydrogen (secondary N) is 2. The summed E-state index contributed by atoms with van der Waals surface area (Å²) in [6, 6.07) is 5.25. The van der Waals surface area contributed by atoms with Gasteiger partial charge in [-0.25, -0.2) is 12.7 Å². The molecule has 3 aliphatic rings. The van der Waals surface area contributed by atoms with Crippen LogP contribution in [0.1, 0.15) is 44.1 Å². The summed E-state index contributed by atoms with van der Waals surface area (Å²) >= 11 is 0. The van der Waals surface area contributed by atoms with Crippen molar-refractivity contribution < 1.29 is 22.8 Å². The number of carbonyl (C=O) groups excluding carboxylic acids is 3. The fraction of sp³-hybridized carbons (Fsp3) is 0.591. The largest absolute Gasteiger partial charge is 0.348 e. The molecule has 2 heterocycles. The van der Waals surface area contributed by atoms with Crippen LogP contribution in [0.25, 0.3) is 0 Å². The summed E-state index contributed by atoms with van der Waals surface area (Å²) in [6.07, 6.45) is 4.17. The van der Waals surface area contributed by atoms with Gasteiger partial charge in [-0.15, -0.1) is 0 Å². The molecule has 1 aliphatic carbocycles. The maximum atomic E-state index is 12.3. The molecule has 2 saturated heterocycles. The Balaban J connectivity index is 1.26. The Kier molecular flexibility index (Phi) is 6.52. The maximum Gasteiger partial charge on any atom is 0.313 e. The average Bonchev–Trinajstić information content (AvgIpc) is 3.56. The average molecular weight is 463 g/mol. The molecule has 0 aromatic heterocycles. The predicted octanol–water partition coefficient (Wildman–Crippen LogP) is 1.38. The highest BCUT2D eigenvalue weighted by molar-refractivity contribution is 7.90. The Hall–Kier alpha value is -2.46. The highest BCUT2D eigenvalue weighted by atomic mass is 32.2. The maximum absolute atomic E-state index is 12.3. The van der Waals surface area contributed by atoms with Crippen molar-refractivity contribution >= 4 is 39.1 Å². The van der Waals surface area contributed by atoms with E-state index in [4.69, 9.17) is 0 Å². The quantitative estimate of drug-likeness (QED) is 0.620. The number of aryl methyl sites for hydroxylation is 1. The van der Waals surface area contributed by atoms with E-state index in [0.717, 1.165) is 30.5 Å². The highest BCUT2D eigenvalue weighted by Crippen LogP contribution is 2.33. The molecule has 9 nitrogen and oxygen atoms in total. The number of sulfonamides is 1. The molecule has 174 valence electrons. The number of amides is 3. The van der Waals surface area contributed by atoms with Gasteiger partial charge in [0, 0.05) is 44.0 Å². The van der Waals surface area contributed by atoms with Gasteiger partial charge in [0.2, 0.25) is 15.9 Å². The van der Waals surface area contributed by atoms with E-state index in [2.05, 4.69) is 10.6 Å². The van der Waals surface area contributed by atoms with Crippen molar-refractivity contribution in [2.45, 2.75) is 50.7 Å². The Morgan fingerprint density at radius 3 is 2.41 bits per heavy atom. The first-order chi connectivity index (χ1) is 15.3. The molecule has 1 aromatic rings. The molecular formula is C22H30N4O5S. The lowest BCUT2D eigenvalue weighted by Crippen LogP contribution is -2.44. The monoisotopic (exact) mass is 462 g/mol. The van der Waals surface area contributed by atoms with Crippen molar-refractivity contribution in [3.8, 4) is 0 Å². The summed E-state index contributed by atoms with van der Waals surface area (Å²) in [5, 5.41) is 5.07. The number of carbonyl (C=O) groups is 3. The Labute approximate surface area is 188 Å². The van der Waals surface area contributed by atoms with Crippen molar-refractivity contribution in [1.82, 2.24) is 9.62 Å². The smallest absolute Gasteiger partial charge is 0.313 e. The molecule has 0 atom stereocenters.